The summed E-state index contributed by atoms with van der Waals surface area (Å²) in [5.41, 5.74) is 6.36. The minimum absolute atomic E-state index is 0.00386. The van der Waals surface area contributed by atoms with Crippen LogP contribution in [-0.4, -0.2) is 54.8 Å². The van der Waals surface area contributed by atoms with Crippen LogP contribution < -0.4 is 5.73 Å². The van der Waals surface area contributed by atoms with Crippen LogP contribution in [0.15, 0.2) is 27.6 Å². The molecular formula is C20H25FN4O4S. The molecule has 0 spiro atoms. The largest absolute Gasteiger partial charge is 0.341 e. The molecular weight excluding hydrogens is 411 g/mol. The summed E-state index contributed by atoms with van der Waals surface area (Å²) in [7, 11) is -3.53. The number of nitrogens with zero attached hydrogens (tertiary/aromatic N) is 3. The molecule has 1 saturated carbocycles. The van der Waals surface area contributed by atoms with Gasteiger partial charge in [-0.15, -0.1) is 0 Å². The summed E-state index contributed by atoms with van der Waals surface area (Å²) >= 11 is 0. The van der Waals surface area contributed by atoms with E-state index in [1.54, 1.807) is 4.90 Å². The molecule has 162 valence electrons. The third-order valence-electron chi connectivity index (χ3n) is 5.79. The molecule has 1 aliphatic heterocycles. The maximum absolute atomic E-state index is 14.5. The summed E-state index contributed by atoms with van der Waals surface area (Å²) < 4.78 is 43.1. The molecule has 1 amide bonds. The summed E-state index contributed by atoms with van der Waals surface area (Å²) in [5.74, 6) is -0.644. The normalized spacial score (nSPS) is 19.1. The number of benzene rings is 1. The first-order valence-electron chi connectivity index (χ1n) is 10.1. The first-order valence-corrected chi connectivity index (χ1v) is 12.0. The van der Waals surface area contributed by atoms with Crippen LogP contribution in [0.25, 0.3) is 11.4 Å². The highest BCUT2D eigenvalue weighted by atomic mass is 32.2. The number of carbonyl (C=O) groups is 1. The number of halogens is 1. The number of aromatic nitrogens is 2. The fourth-order valence-corrected chi connectivity index (χ4v) is 4.47. The van der Waals surface area contributed by atoms with E-state index >= 15 is 0 Å². The van der Waals surface area contributed by atoms with Gasteiger partial charge in [0.15, 0.2) is 9.84 Å². The van der Waals surface area contributed by atoms with Crippen molar-refractivity contribution in [3.8, 4) is 11.4 Å². The highest BCUT2D eigenvalue weighted by Gasteiger charge is 2.38. The topological polar surface area (TPSA) is 119 Å². The Morgan fingerprint density at radius 1 is 1.33 bits per heavy atom. The Labute approximate surface area is 174 Å². The predicted octanol–water partition coefficient (Wildman–Crippen LogP) is 2.11. The lowest BCUT2D eigenvalue weighted by Gasteiger charge is -2.25. The molecule has 2 heterocycles. The fourth-order valence-electron chi connectivity index (χ4n) is 3.84. The van der Waals surface area contributed by atoms with E-state index in [0.29, 0.717) is 25.4 Å². The van der Waals surface area contributed by atoms with Crippen LogP contribution in [0.5, 0.6) is 0 Å². The van der Waals surface area contributed by atoms with Crippen LogP contribution in [0.4, 0.5) is 4.39 Å². The zero-order valence-electron chi connectivity index (χ0n) is 16.8. The average Bonchev–Trinajstić information content (AvgIpc) is 3.17. The number of hydrogen-bond donors (Lipinski definition) is 1. The molecule has 30 heavy (non-hydrogen) atoms. The van der Waals surface area contributed by atoms with Crippen molar-refractivity contribution < 1.29 is 22.1 Å². The second-order valence-electron chi connectivity index (χ2n) is 8.21. The van der Waals surface area contributed by atoms with Crippen molar-refractivity contribution in [3.63, 3.8) is 0 Å². The van der Waals surface area contributed by atoms with E-state index in [1.807, 2.05) is 0 Å². The number of likely N-dealkylation sites (tertiary alicyclic amines) is 1. The lowest BCUT2D eigenvalue weighted by molar-refractivity contribution is -0.132. The first-order chi connectivity index (χ1) is 14.2. The highest BCUT2D eigenvalue weighted by molar-refractivity contribution is 7.90. The molecule has 1 saturated heterocycles. The summed E-state index contributed by atoms with van der Waals surface area (Å²) in [5, 5.41) is 3.87. The summed E-state index contributed by atoms with van der Waals surface area (Å²) in [6, 6.07) is 2.75. The van der Waals surface area contributed by atoms with E-state index in [9.17, 15) is 17.6 Å². The monoisotopic (exact) mass is 436 g/mol. The Bertz CT molecular complexity index is 1040. The van der Waals surface area contributed by atoms with Gasteiger partial charge in [0.05, 0.1) is 22.4 Å². The molecule has 1 aromatic heterocycles. The zero-order chi connectivity index (χ0) is 21.5. The molecule has 8 nitrogen and oxygen atoms in total. The van der Waals surface area contributed by atoms with Gasteiger partial charge in [0.25, 0.3) is 0 Å². The average molecular weight is 437 g/mol. The fraction of sp³-hybridized carbons (Fsp3) is 0.550. The summed E-state index contributed by atoms with van der Waals surface area (Å²) in [6.07, 6.45) is 5.76. The van der Waals surface area contributed by atoms with Gasteiger partial charge in [-0.05, 0) is 43.4 Å². The molecule has 2 N–H and O–H groups in total. The highest BCUT2D eigenvalue weighted by Crippen LogP contribution is 2.40. The molecule has 0 bridgehead atoms. The summed E-state index contributed by atoms with van der Waals surface area (Å²) in [6.45, 7) is 1.41. The Kier molecular flexibility index (Phi) is 5.63. The zero-order valence-corrected chi connectivity index (χ0v) is 17.6. The van der Waals surface area contributed by atoms with E-state index in [1.165, 1.54) is 12.1 Å². The van der Waals surface area contributed by atoms with Crippen LogP contribution >= 0.6 is 0 Å². The van der Waals surface area contributed by atoms with Crippen molar-refractivity contribution in [2.45, 2.75) is 49.0 Å². The van der Waals surface area contributed by atoms with E-state index < -0.39 is 27.6 Å². The van der Waals surface area contributed by atoms with Crippen LogP contribution in [-0.2, 0) is 14.6 Å². The van der Waals surface area contributed by atoms with Crippen molar-refractivity contribution in [1.29, 1.82) is 0 Å². The molecule has 2 aliphatic rings. The van der Waals surface area contributed by atoms with E-state index in [0.717, 1.165) is 38.0 Å². The second-order valence-corrected chi connectivity index (χ2v) is 10.2. The van der Waals surface area contributed by atoms with Gasteiger partial charge in [0.1, 0.15) is 5.82 Å². The van der Waals surface area contributed by atoms with Gasteiger partial charge in [-0.25, -0.2) is 12.8 Å². The third-order valence-corrected chi connectivity index (χ3v) is 6.90. The van der Waals surface area contributed by atoms with Crippen LogP contribution in [0.3, 0.4) is 0 Å². The van der Waals surface area contributed by atoms with Crippen LogP contribution in [0, 0.1) is 11.7 Å². The molecule has 2 aromatic rings. The van der Waals surface area contributed by atoms with Crippen molar-refractivity contribution in [1.82, 2.24) is 15.0 Å². The number of sulfone groups is 1. The van der Waals surface area contributed by atoms with E-state index in [2.05, 4.69) is 10.1 Å². The van der Waals surface area contributed by atoms with Crippen LogP contribution in [0.2, 0.25) is 0 Å². The minimum Gasteiger partial charge on any atom is -0.341 e. The Balaban J connectivity index is 1.60. The standard InChI is InChI=1S/C20H25FN4O4S/c1-30(27,28)13-6-7-14(16(21)11-13)18-23-19(29-24-18)15(10-12-4-5-12)17(22)20(26)25-8-2-3-9-25/h6-7,11-12,15,17H,2-5,8-10,22H2,1H3/t15-,17?/m0/s1. The van der Waals surface area contributed by atoms with Gasteiger partial charge < -0.3 is 15.2 Å². The molecule has 1 aliphatic carbocycles. The van der Waals surface area contributed by atoms with Gasteiger partial charge in [0, 0.05) is 19.3 Å². The maximum atomic E-state index is 14.5. The van der Waals surface area contributed by atoms with Crippen molar-refractivity contribution in [2.75, 3.05) is 19.3 Å². The maximum Gasteiger partial charge on any atom is 0.240 e. The van der Waals surface area contributed by atoms with E-state index in [-0.39, 0.29) is 28.1 Å². The number of amides is 1. The van der Waals surface area contributed by atoms with Crippen LogP contribution in [0.1, 0.15) is 43.9 Å². The number of hydrogen-bond acceptors (Lipinski definition) is 7. The smallest absolute Gasteiger partial charge is 0.240 e. The van der Waals surface area contributed by atoms with Gasteiger partial charge >= 0.3 is 0 Å². The van der Waals surface area contributed by atoms with Gasteiger partial charge in [-0.3, -0.25) is 4.79 Å². The molecule has 0 radical (unpaired) electrons. The van der Waals surface area contributed by atoms with Crippen molar-refractivity contribution >= 4 is 15.7 Å². The molecule has 2 atom stereocenters. The molecule has 10 heteroatoms. The quantitative estimate of drug-likeness (QED) is 0.706. The van der Waals surface area contributed by atoms with E-state index in [4.69, 9.17) is 10.3 Å². The van der Waals surface area contributed by atoms with Gasteiger partial charge in [-0.1, -0.05) is 18.0 Å². The van der Waals surface area contributed by atoms with Gasteiger partial charge in [-0.2, -0.15) is 4.98 Å². The lowest BCUT2D eigenvalue weighted by atomic mass is 9.93. The number of nitrogens with two attached hydrogens (primary N) is 1. The van der Waals surface area contributed by atoms with Crippen molar-refractivity contribution in [2.24, 2.45) is 11.7 Å². The first kappa shape index (κ1) is 20.9. The number of rotatable bonds is 7. The molecule has 2 fully saturated rings. The third kappa shape index (κ3) is 4.39. The Morgan fingerprint density at radius 3 is 2.63 bits per heavy atom. The number of carbonyl (C=O) groups excluding carboxylic acids is 1. The minimum atomic E-state index is -3.53. The molecule has 4 rings (SSSR count). The summed E-state index contributed by atoms with van der Waals surface area (Å²) in [4.78, 5) is 18.8. The van der Waals surface area contributed by atoms with Crippen molar-refractivity contribution in [3.05, 3.63) is 29.9 Å². The molecule has 1 unspecified atom stereocenters. The lowest BCUT2D eigenvalue weighted by Crippen LogP contribution is -2.46. The SMILES string of the molecule is CS(=O)(=O)c1ccc(-c2noc([C@@H](CC3CC3)C(N)C(=O)N3CCCC3)n2)c(F)c1. The second kappa shape index (κ2) is 8.07. The Morgan fingerprint density at radius 2 is 2.03 bits per heavy atom. The Hall–Kier alpha value is -2.33. The van der Waals surface area contributed by atoms with Gasteiger partial charge in [0.2, 0.25) is 17.6 Å². The molecule has 1 aromatic carbocycles. The predicted molar refractivity (Wildman–Crippen MR) is 107 cm³/mol.